The maximum absolute atomic E-state index is 14.0. The van der Waals surface area contributed by atoms with Crippen molar-refractivity contribution < 1.29 is 13.7 Å². The van der Waals surface area contributed by atoms with Gasteiger partial charge in [0.25, 0.3) is 5.91 Å². The van der Waals surface area contributed by atoms with Crippen LogP contribution in [0.25, 0.3) is 5.70 Å². The fourth-order valence-electron chi connectivity index (χ4n) is 4.79. The maximum Gasteiger partial charge on any atom is 0.295 e. The molecule has 0 aromatic carbocycles. The van der Waals surface area contributed by atoms with Gasteiger partial charge in [-0.15, -0.1) is 0 Å². The molecule has 2 aliphatic carbocycles. The zero-order valence-corrected chi connectivity index (χ0v) is 24.4. The average Bonchev–Trinajstić information content (AvgIpc) is 3.85. The summed E-state index contributed by atoms with van der Waals surface area (Å²) in [7, 11) is 0.416. The van der Waals surface area contributed by atoms with Crippen LogP contribution in [0.15, 0.2) is 57.5 Å². The van der Waals surface area contributed by atoms with E-state index in [2.05, 4.69) is 38.8 Å². The molecule has 10 nitrogen and oxygen atoms in total. The summed E-state index contributed by atoms with van der Waals surface area (Å²) in [5.74, 6) is 1.67. The molecule has 3 heterocycles. The number of ether oxygens (including phenoxy) is 1. The van der Waals surface area contributed by atoms with Crippen molar-refractivity contribution >= 4 is 34.1 Å². The summed E-state index contributed by atoms with van der Waals surface area (Å²) in [6.45, 7) is 10.6. The van der Waals surface area contributed by atoms with E-state index < -0.39 is 10.8 Å². The van der Waals surface area contributed by atoms with E-state index in [-0.39, 0.29) is 24.3 Å². The zero-order valence-electron chi connectivity index (χ0n) is 23.6. The Morgan fingerprint density at radius 2 is 1.98 bits per heavy atom. The number of nitrogens with one attached hydrogen (secondary N) is 1. The van der Waals surface area contributed by atoms with Crippen molar-refractivity contribution in [1.29, 1.82) is 0 Å². The lowest BCUT2D eigenvalue weighted by Gasteiger charge is -2.37. The minimum Gasteiger partial charge on any atom is -0.480 e. The molecular weight excluding hydrogens is 526 g/mol. The van der Waals surface area contributed by atoms with Gasteiger partial charge in [0.1, 0.15) is 11.4 Å². The highest BCUT2D eigenvalue weighted by Gasteiger charge is 2.42. The van der Waals surface area contributed by atoms with Crippen LogP contribution in [0, 0.1) is 5.92 Å². The van der Waals surface area contributed by atoms with Crippen molar-refractivity contribution in [1.82, 2.24) is 25.2 Å². The number of piperazine rings is 1. The molecule has 2 aromatic rings. The summed E-state index contributed by atoms with van der Waals surface area (Å²) in [6, 6.07) is 3.48. The van der Waals surface area contributed by atoms with Gasteiger partial charge in [0.15, 0.2) is 11.7 Å². The summed E-state index contributed by atoms with van der Waals surface area (Å²) < 4.78 is 17.3. The number of carbonyl (C=O) groups excluding carboxylic acids is 1. The van der Waals surface area contributed by atoms with Gasteiger partial charge < -0.3 is 10.1 Å². The van der Waals surface area contributed by atoms with Crippen LogP contribution < -0.4 is 10.1 Å². The van der Waals surface area contributed by atoms with Gasteiger partial charge in [-0.3, -0.25) is 18.9 Å². The highest BCUT2D eigenvalue weighted by Crippen LogP contribution is 2.44. The van der Waals surface area contributed by atoms with Gasteiger partial charge in [0.05, 0.1) is 47.1 Å². The molecule has 2 saturated carbocycles. The Labute approximate surface area is 237 Å². The van der Waals surface area contributed by atoms with Crippen LogP contribution in [0.3, 0.4) is 0 Å². The molecule has 3 fully saturated rings. The minimum atomic E-state index is -1.16. The number of aliphatic imine (C=N–C) groups is 2. The quantitative estimate of drug-likeness (QED) is 0.491. The molecule has 0 spiro atoms. The van der Waals surface area contributed by atoms with Gasteiger partial charge in [0.2, 0.25) is 5.88 Å². The van der Waals surface area contributed by atoms with Crippen LogP contribution in [0.2, 0.25) is 0 Å². The van der Waals surface area contributed by atoms with Crippen molar-refractivity contribution in [3.63, 3.8) is 0 Å². The normalized spacial score (nSPS) is 20.9. The second-order valence-electron chi connectivity index (χ2n) is 10.7. The molecule has 2 unspecified atom stereocenters. The molecule has 5 rings (SSSR count). The number of rotatable bonds is 9. The van der Waals surface area contributed by atoms with Gasteiger partial charge in [-0.1, -0.05) is 12.6 Å². The third-order valence-corrected chi connectivity index (χ3v) is 8.20. The number of amides is 1. The molecule has 1 aliphatic heterocycles. The fourth-order valence-corrected chi connectivity index (χ4v) is 5.26. The Morgan fingerprint density at radius 3 is 2.55 bits per heavy atom. The van der Waals surface area contributed by atoms with Gasteiger partial charge >= 0.3 is 0 Å². The van der Waals surface area contributed by atoms with E-state index in [0.29, 0.717) is 45.5 Å². The second kappa shape index (κ2) is 11.4. The molecule has 2 atom stereocenters. The first-order chi connectivity index (χ1) is 19.2. The minimum absolute atomic E-state index is 0.0713. The lowest BCUT2D eigenvalue weighted by Crippen LogP contribution is -2.58. The first-order valence-electron chi connectivity index (χ1n) is 13.5. The van der Waals surface area contributed by atoms with E-state index in [1.165, 1.54) is 6.33 Å². The smallest absolute Gasteiger partial charge is 0.295 e. The molecule has 40 heavy (non-hydrogen) atoms. The Hall–Kier alpha value is -3.73. The monoisotopic (exact) mass is 561 g/mol. The van der Waals surface area contributed by atoms with Gasteiger partial charge in [-0.05, 0) is 69.6 Å². The Balaban J connectivity index is 1.53. The third kappa shape index (κ3) is 5.74. The fraction of sp³-hybridized carbons (Fsp3) is 0.448. The van der Waals surface area contributed by atoms with Crippen LogP contribution in [-0.4, -0.2) is 61.0 Å². The van der Waals surface area contributed by atoms with Crippen molar-refractivity contribution in [2.75, 3.05) is 13.4 Å². The SMILES string of the molecule is C=C(N=C1C(=C(C)C)NC(=NCc2ccc(S(C)=O)nc2)C(=O)N1C(C)C1CC1)c1c(OC)ncnc1C1CC1. The number of carbonyl (C=O) groups is 1. The van der Waals surface area contributed by atoms with Crippen molar-refractivity contribution in [3.05, 3.63) is 59.3 Å². The van der Waals surface area contributed by atoms with Crippen LogP contribution in [0.1, 0.15) is 69.2 Å². The molecule has 11 heteroatoms. The average molecular weight is 562 g/mol. The van der Waals surface area contributed by atoms with Gasteiger partial charge in [-0.25, -0.2) is 19.9 Å². The molecule has 0 bridgehead atoms. The molecule has 210 valence electrons. The number of allylic oxidation sites excluding steroid dienone is 1. The highest BCUT2D eigenvalue weighted by molar-refractivity contribution is 7.84. The summed E-state index contributed by atoms with van der Waals surface area (Å²) in [5.41, 5.74) is 4.50. The van der Waals surface area contributed by atoms with Gasteiger partial charge in [0, 0.05) is 24.4 Å². The van der Waals surface area contributed by atoms with Crippen LogP contribution in [0.4, 0.5) is 0 Å². The summed E-state index contributed by atoms with van der Waals surface area (Å²) in [6.07, 6.45) is 8.97. The van der Waals surface area contributed by atoms with Crippen molar-refractivity contribution in [2.24, 2.45) is 15.9 Å². The predicted octanol–water partition coefficient (Wildman–Crippen LogP) is 3.99. The molecule has 3 aliphatic rings. The number of hydrogen-bond acceptors (Lipinski definition) is 8. The highest BCUT2D eigenvalue weighted by atomic mass is 32.2. The molecule has 1 N–H and O–H groups in total. The second-order valence-corrected chi connectivity index (χ2v) is 12.0. The van der Waals surface area contributed by atoms with Crippen LogP contribution in [-0.2, 0) is 22.1 Å². The Kier molecular flexibility index (Phi) is 7.93. The Morgan fingerprint density at radius 1 is 1.23 bits per heavy atom. The Bertz CT molecular complexity index is 1450. The van der Waals surface area contributed by atoms with E-state index in [4.69, 9.17) is 9.73 Å². The first kappa shape index (κ1) is 27.8. The summed E-state index contributed by atoms with van der Waals surface area (Å²) in [5, 5.41) is 3.77. The number of hydrogen-bond donors (Lipinski definition) is 1. The number of nitrogens with zero attached hydrogens (tertiary/aromatic N) is 6. The standard InChI is InChI=1S/C29H35N7O3S/c1-16(2)24-27(34-17(3)23-25(21-10-11-21)32-15-33-28(23)39-5)36(18(4)20-8-9-20)29(37)26(35-24)31-14-19-7-12-22(30-13-19)40(6)38/h7,12-13,15,18,20-21H,3,8-11,14H2,1-2,4-6H3,(H,31,35). The molecule has 2 aromatic heterocycles. The number of amidine groups is 2. The van der Waals surface area contributed by atoms with E-state index in [1.54, 1.807) is 30.5 Å². The van der Waals surface area contributed by atoms with E-state index in [1.807, 2.05) is 19.9 Å². The molecule has 1 saturated heterocycles. The topological polar surface area (TPSA) is 122 Å². The summed E-state index contributed by atoms with van der Waals surface area (Å²) >= 11 is 0. The van der Waals surface area contributed by atoms with E-state index in [9.17, 15) is 9.00 Å². The molecule has 0 radical (unpaired) electrons. The molecular formula is C29H35N7O3S. The van der Waals surface area contributed by atoms with Gasteiger partial charge in [-0.2, -0.15) is 0 Å². The van der Waals surface area contributed by atoms with E-state index in [0.717, 1.165) is 42.5 Å². The van der Waals surface area contributed by atoms with Crippen molar-refractivity contribution in [3.8, 4) is 5.88 Å². The third-order valence-electron chi connectivity index (χ3n) is 7.37. The van der Waals surface area contributed by atoms with Crippen molar-refractivity contribution in [2.45, 2.75) is 70.0 Å². The number of aromatic nitrogens is 3. The summed E-state index contributed by atoms with van der Waals surface area (Å²) in [4.78, 5) is 38.4. The maximum atomic E-state index is 14.0. The zero-order chi connectivity index (χ0) is 28.6. The van der Waals surface area contributed by atoms with Crippen LogP contribution in [0.5, 0.6) is 5.88 Å². The predicted molar refractivity (Wildman–Crippen MR) is 155 cm³/mol. The first-order valence-corrected chi connectivity index (χ1v) is 15.0. The number of pyridine rings is 1. The number of methoxy groups -OCH3 is 1. The van der Waals surface area contributed by atoms with E-state index >= 15 is 0 Å². The lowest BCUT2D eigenvalue weighted by atomic mass is 10.1. The lowest BCUT2D eigenvalue weighted by molar-refractivity contribution is -0.122. The molecule has 1 amide bonds. The van der Waals surface area contributed by atoms with Crippen LogP contribution >= 0.6 is 0 Å². The largest absolute Gasteiger partial charge is 0.480 e.